The second kappa shape index (κ2) is 8.34. The monoisotopic (exact) mass is 394 g/mol. The number of aryl methyl sites for hydroxylation is 1. The van der Waals surface area contributed by atoms with E-state index in [2.05, 4.69) is 10.8 Å². The molecule has 0 aliphatic carbocycles. The maximum absolute atomic E-state index is 14.4. The molecular weight excluding hydrogens is 375 g/mol. The standard InChI is InChI=1S/C22H19FN2O2S/c1-16-11-13-18(14-12-16)28(26,27)25-22(17-7-3-2-4-8-17)20(15-24)19-9-5-6-10-21(19)23/h2-14,20,22,25H,1H3/t20-,22+/m1/s1. The number of halogens is 1. The van der Waals surface area contributed by atoms with Crippen molar-refractivity contribution in [2.45, 2.75) is 23.8 Å². The van der Waals surface area contributed by atoms with E-state index in [1.165, 1.54) is 30.3 Å². The molecule has 0 saturated carbocycles. The summed E-state index contributed by atoms with van der Waals surface area (Å²) in [5, 5.41) is 9.79. The van der Waals surface area contributed by atoms with Crippen molar-refractivity contribution >= 4 is 10.0 Å². The smallest absolute Gasteiger partial charge is 0.207 e. The quantitative estimate of drug-likeness (QED) is 0.671. The van der Waals surface area contributed by atoms with Crippen LogP contribution in [0.1, 0.15) is 28.7 Å². The van der Waals surface area contributed by atoms with Crippen LogP contribution in [0.2, 0.25) is 0 Å². The van der Waals surface area contributed by atoms with Crippen molar-refractivity contribution in [1.29, 1.82) is 5.26 Å². The Hall–Kier alpha value is -3.01. The molecule has 0 aliphatic rings. The van der Waals surface area contributed by atoms with E-state index in [1.807, 2.05) is 6.92 Å². The minimum atomic E-state index is -3.92. The van der Waals surface area contributed by atoms with Gasteiger partial charge in [-0.15, -0.1) is 0 Å². The van der Waals surface area contributed by atoms with E-state index < -0.39 is 27.8 Å². The lowest BCUT2D eigenvalue weighted by molar-refractivity contribution is 0.522. The van der Waals surface area contributed by atoms with Crippen molar-refractivity contribution in [1.82, 2.24) is 4.72 Å². The van der Waals surface area contributed by atoms with Gasteiger partial charge in [-0.05, 0) is 30.7 Å². The molecule has 1 N–H and O–H groups in total. The molecule has 0 aliphatic heterocycles. The highest BCUT2D eigenvalue weighted by molar-refractivity contribution is 7.89. The summed E-state index contributed by atoms with van der Waals surface area (Å²) in [5.41, 5.74) is 1.65. The Balaban J connectivity index is 2.06. The Morgan fingerprint density at radius 2 is 1.54 bits per heavy atom. The summed E-state index contributed by atoms with van der Waals surface area (Å²) in [6, 6.07) is 22.2. The number of hydrogen-bond acceptors (Lipinski definition) is 3. The second-order valence-corrected chi connectivity index (χ2v) is 8.16. The van der Waals surface area contributed by atoms with Crippen LogP contribution in [0.15, 0.2) is 83.8 Å². The first-order valence-corrected chi connectivity index (χ1v) is 10.2. The minimum absolute atomic E-state index is 0.0873. The molecule has 6 heteroatoms. The van der Waals surface area contributed by atoms with Crippen LogP contribution in [0.4, 0.5) is 4.39 Å². The largest absolute Gasteiger partial charge is 0.241 e. The van der Waals surface area contributed by atoms with Gasteiger partial charge in [-0.1, -0.05) is 66.2 Å². The second-order valence-electron chi connectivity index (χ2n) is 6.45. The zero-order chi connectivity index (χ0) is 20.1. The Bertz CT molecular complexity index is 1090. The van der Waals surface area contributed by atoms with Gasteiger partial charge < -0.3 is 0 Å². The highest BCUT2D eigenvalue weighted by Gasteiger charge is 2.31. The predicted molar refractivity (Wildman–Crippen MR) is 105 cm³/mol. The maximum Gasteiger partial charge on any atom is 0.241 e. The molecule has 3 rings (SSSR count). The molecule has 0 unspecified atom stereocenters. The Kier molecular flexibility index (Phi) is 5.88. The number of rotatable bonds is 6. The molecule has 0 fully saturated rings. The van der Waals surface area contributed by atoms with E-state index in [9.17, 15) is 18.1 Å². The van der Waals surface area contributed by atoms with E-state index in [1.54, 1.807) is 48.5 Å². The molecule has 0 aromatic heterocycles. The van der Waals surface area contributed by atoms with Crippen molar-refractivity contribution in [3.05, 3.63) is 101 Å². The van der Waals surface area contributed by atoms with Crippen molar-refractivity contribution in [3.63, 3.8) is 0 Å². The molecule has 0 spiro atoms. The number of nitrogens with zero attached hydrogens (tertiary/aromatic N) is 1. The van der Waals surface area contributed by atoms with E-state index >= 15 is 0 Å². The van der Waals surface area contributed by atoms with Crippen molar-refractivity contribution in [2.75, 3.05) is 0 Å². The topological polar surface area (TPSA) is 70.0 Å². The highest BCUT2D eigenvalue weighted by atomic mass is 32.2. The molecular formula is C22H19FN2O2S. The third-order valence-electron chi connectivity index (χ3n) is 4.48. The van der Waals surface area contributed by atoms with Crippen LogP contribution in [0, 0.1) is 24.1 Å². The Morgan fingerprint density at radius 1 is 0.929 bits per heavy atom. The predicted octanol–water partition coefficient (Wildman–Crippen LogP) is 4.46. The molecule has 3 aromatic carbocycles. The first-order valence-electron chi connectivity index (χ1n) is 8.70. The molecule has 0 amide bonds. The summed E-state index contributed by atoms with van der Waals surface area (Å²) in [4.78, 5) is 0.0873. The summed E-state index contributed by atoms with van der Waals surface area (Å²) in [6.45, 7) is 1.86. The summed E-state index contributed by atoms with van der Waals surface area (Å²) in [5.74, 6) is -1.59. The minimum Gasteiger partial charge on any atom is -0.207 e. The lowest BCUT2D eigenvalue weighted by Gasteiger charge is -2.24. The van der Waals surface area contributed by atoms with Gasteiger partial charge in [0.2, 0.25) is 10.0 Å². The van der Waals surface area contributed by atoms with Gasteiger partial charge in [0.25, 0.3) is 0 Å². The van der Waals surface area contributed by atoms with Crippen molar-refractivity contribution in [2.24, 2.45) is 0 Å². The Morgan fingerprint density at radius 3 is 2.14 bits per heavy atom. The van der Waals surface area contributed by atoms with Crippen molar-refractivity contribution < 1.29 is 12.8 Å². The number of benzene rings is 3. The average molecular weight is 394 g/mol. The van der Waals surface area contributed by atoms with Gasteiger partial charge in [0.1, 0.15) is 5.82 Å². The fraction of sp³-hybridized carbons (Fsp3) is 0.136. The molecule has 28 heavy (non-hydrogen) atoms. The first kappa shape index (κ1) is 19.7. The third-order valence-corrected chi connectivity index (χ3v) is 5.94. The van der Waals surface area contributed by atoms with Gasteiger partial charge in [-0.2, -0.15) is 5.26 Å². The number of nitriles is 1. The van der Waals surface area contributed by atoms with Gasteiger partial charge in [-0.25, -0.2) is 17.5 Å². The van der Waals surface area contributed by atoms with E-state index in [0.717, 1.165) is 5.56 Å². The van der Waals surface area contributed by atoms with Gasteiger partial charge >= 0.3 is 0 Å². The molecule has 142 valence electrons. The van der Waals surface area contributed by atoms with Gasteiger partial charge in [-0.3, -0.25) is 0 Å². The number of hydrogen-bond donors (Lipinski definition) is 1. The van der Waals surface area contributed by atoms with Crippen LogP contribution in [0.5, 0.6) is 0 Å². The molecule has 3 aromatic rings. The number of nitrogens with one attached hydrogen (secondary N) is 1. The molecule has 2 atom stereocenters. The van der Waals surface area contributed by atoms with Crippen LogP contribution in [0.3, 0.4) is 0 Å². The zero-order valence-electron chi connectivity index (χ0n) is 15.2. The van der Waals surface area contributed by atoms with Gasteiger partial charge in [0, 0.05) is 5.56 Å². The van der Waals surface area contributed by atoms with Crippen LogP contribution >= 0.6 is 0 Å². The summed E-state index contributed by atoms with van der Waals surface area (Å²) in [6.07, 6.45) is 0. The fourth-order valence-electron chi connectivity index (χ4n) is 2.99. The lowest BCUT2D eigenvalue weighted by atomic mass is 9.88. The Labute approximate surface area is 164 Å². The molecule has 4 nitrogen and oxygen atoms in total. The molecule has 0 heterocycles. The highest BCUT2D eigenvalue weighted by Crippen LogP contribution is 2.33. The first-order chi connectivity index (χ1) is 13.4. The van der Waals surface area contributed by atoms with Crippen LogP contribution < -0.4 is 4.72 Å². The number of sulfonamides is 1. The fourth-order valence-corrected chi connectivity index (χ4v) is 4.23. The summed E-state index contributed by atoms with van der Waals surface area (Å²) < 4.78 is 42.9. The lowest BCUT2D eigenvalue weighted by Crippen LogP contribution is -2.32. The third kappa shape index (κ3) is 4.28. The average Bonchev–Trinajstić information content (AvgIpc) is 2.70. The van der Waals surface area contributed by atoms with Gasteiger partial charge in [0.05, 0.1) is 22.9 Å². The molecule has 0 saturated heterocycles. The summed E-state index contributed by atoms with van der Waals surface area (Å²) in [7, 11) is -3.92. The van der Waals surface area contributed by atoms with Crippen molar-refractivity contribution in [3.8, 4) is 6.07 Å². The van der Waals surface area contributed by atoms with Crippen LogP contribution in [-0.4, -0.2) is 8.42 Å². The maximum atomic E-state index is 14.4. The van der Waals surface area contributed by atoms with Crippen LogP contribution in [-0.2, 0) is 10.0 Å². The van der Waals surface area contributed by atoms with Crippen LogP contribution in [0.25, 0.3) is 0 Å². The molecule has 0 radical (unpaired) electrons. The summed E-state index contributed by atoms with van der Waals surface area (Å²) >= 11 is 0. The molecule has 0 bridgehead atoms. The zero-order valence-corrected chi connectivity index (χ0v) is 16.0. The van der Waals surface area contributed by atoms with E-state index in [0.29, 0.717) is 5.56 Å². The SMILES string of the molecule is Cc1ccc(S(=O)(=O)N[C@@H](c2ccccc2)[C@H](C#N)c2ccccc2F)cc1. The van der Waals surface area contributed by atoms with E-state index in [4.69, 9.17) is 0 Å². The van der Waals surface area contributed by atoms with Gasteiger partial charge in [0.15, 0.2) is 0 Å². The van der Waals surface area contributed by atoms with E-state index in [-0.39, 0.29) is 10.5 Å². The normalized spacial score (nSPS) is 13.5.